The second kappa shape index (κ2) is 7.27. The number of hydrogen-bond donors (Lipinski definition) is 1. The third kappa shape index (κ3) is 4.08. The van der Waals surface area contributed by atoms with E-state index in [1.807, 2.05) is 12.1 Å². The van der Waals surface area contributed by atoms with Crippen LogP contribution >= 0.6 is 0 Å². The predicted molar refractivity (Wildman–Crippen MR) is 86.1 cm³/mol. The van der Waals surface area contributed by atoms with Gasteiger partial charge in [-0.2, -0.15) is 0 Å². The zero-order chi connectivity index (χ0) is 15.2. The summed E-state index contributed by atoms with van der Waals surface area (Å²) in [5.74, 6) is 1.37. The van der Waals surface area contributed by atoms with E-state index in [0.29, 0.717) is 5.92 Å². The molecule has 1 N–H and O–H groups in total. The Labute approximate surface area is 127 Å². The highest BCUT2D eigenvalue weighted by molar-refractivity contribution is 5.54. The van der Waals surface area contributed by atoms with Crippen LogP contribution in [0.5, 0.6) is 0 Å². The van der Waals surface area contributed by atoms with Crippen molar-refractivity contribution in [3.05, 3.63) is 41.5 Å². The fourth-order valence-electron chi connectivity index (χ4n) is 2.48. The van der Waals surface area contributed by atoms with E-state index in [2.05, 4.69) is 48.0 Å². The van der Waals surface area contributed by atoms with Crippen molar-refractivity contribution in [2.24, 2.45) is 5.92 Å². The summed E-state index contributed by atoms with van der Waals surface area (Å²) >= 11 is 0. The van der Waals surface area contributed by atoms with Gasteiger partial charge in [-0.25, -0.2) is 9.97 Å². The second-order valence-corrected chi connectivity index (χ2v) is 5.55. The first-order valence-electron chi connectivity index (χ1n) is 7.57. The van der Waals surface area contributed by atoms with Gasteiger partial charge < -0.3 is 5.32 Å². The zero-order valence-corrected chi connectivity index (χ0v) is 13.3. The van der Waals surface area contributed by atoms with E-state index >= 15 is 0 Å². The van der Waals surface area contributed by atoms with Crippen molar-refractivity contribution < 1.29 is 0 Å². The first kappa shape index (κ1) is 15.6. The van der Waals surface area contributed by atoms with Gasteiger partial charge in [0, 0.05) is 29.3 Å². The van der Waals surface area contributed by atoms with Crippen LogP contribution in [0.4, 0.5) is 0 Å². The van der Waals surface area contributed by atoms with Crippen molar-refractivity contribution in [1.82, 2.24) is 20.3 Å². The van der Waals surface area contributed by atoms with Gasteiger partial charge in [0.15, 0.2) is 5.82 Å². The average Bonchev–Trinajstić information content (AvgIpc) is 2.49. The van der Waals surface area contributed by atoms with Crippen LogP contribution in [-0.2, 0) is 6.42 Å². The van der Waals surface area contributed by atoms with Crippen LogP contribution in [0.15, 0.2) is 24.5 Å². The van der Waals surface area contributed by atoms with E-state index in [1.54, 1.807) is 12.4 Å². The fourth-order valence-corrected chi connectivity index (χ4v) is 2.48. The molecule has 0 aromatic carbocycles. The molecule has 0 aliphatic rings. The average molecular weight is 284 g/mol. The maximum atomic E-state index is 4.68. The van der Waals surface area contributed by atoms with Crippen molar-refractivity contribution in [1.29, 1.82) is 0 Å². The van der Waals surface area contributed by atoms with E-state index in [0.717, 1.165) is 42.3 Å². The lowest BCUT2D eigenvalue weighted by atomic mass is 9.98. The predicted octanol–water partition coefficient (Wildman–Crippen LogP) is 2.94. The molecule has 1 atom stereocenters. The number of nitrogens with zero attached hydrogens (tertiary/aromatic N) is 3. The molecule has 0 saturated carbocycles. The second-order valence-electron chi connectivity index (χ2n) is 5.55. The van der Waals surface area contributed by atoms with Crippen molar-refractivity contribution in [3.8, 4) is 11.4 Å². The molecule has 0 saturated heterocycles. The van der Waals surface area contributed by atoms with Gasteiger partial charge in [-0.05, 0) is 57.0 Å². The minimum absolute atomic E-state index is 0.581. The summed E-state index contributed by atoms with van der Waals surface area (Å²) in [6.45, 7) is 10.6. The van der Waals surface area contributed by atoms with Gasteiger partial charge in [0.2, 0.25) is 0 Å². The third-order valence-corrected chi connectivity index (χ3v) is 3.65. The van der Waals surface area contributed by atoms with Crippen LogP contribution < -0.4 is 5.32 Å². The van der Waals surface area contributed by atoms with Gasteiger partial charge in [0.25, 0.3) is 0 Å². The molecule has 2 rings (SSSR count). The summed E-state index contributed by atoms with van der Waals surface area (Å²) in [6.07, 6.45) is 4.56. The Kier molecular flexibility index (Phi) is 5.39. The molecule has 0 aliphatic carbocycles. The maximum Gasteiger partial charge on any atom is 0.159 e. The van der Waals surface area contributed by atoms with Crippen LogP contribution in [-0.4, -0.2) is 28.0 Å². The molecule has 1 unspecified atom stereocenters. The molecular formula is C17H24N4. The Hall–Kier alpha value is -1.81. The summed E-state index contributed by atoms with van der Waals surface area (Å²) in [4.78, 5) is 13.4. The van der Waals surface area contributed by atoms with Gasteiger partial charge in [0.1, 0.15) is 0 Å². The first-order valence-corrected chi connectivity index (χ1v) is 7.57. The fraction of sp³-hybridized carbons (Fsp3) is 0.471. The number of hydrogen-bond acceptors (Lipinski definition) is 4. The van der Waals surface area contributed by atoms with E-state index in [1.165, 1.54) is 5.56 Å². The number of aryl methyl sites for hydroxylation is 2. The molecule has 0 bridgehead atoms. The standard InChI is InChI=1S/C17H24N4/c1-5-18-11-12(2)10-16-13(3)20-17(21-14(16)4)15-6-8-19-9-7-15/h6-9,12,18H,5,10-11H2,1-4H3. The summed E-state index contributed by atoms with van der Waals surface area (Å²) in [5, 5.41) is 3.40. The highest BCUT2D eigenvalue weighted by atomic mass is 14.9. The van der Waals surface area contributed by atoms with Crippen LogP contribution in [0.25, 0.3) is 11.4 Å². The molecule has 0 spiro atoms. The van der Waals surface area contributed by atoms with Gasteiger partial charge in [-0.15, -0.1) is 0 Å². The molecule has 2 aromatic heterocycles. The lowest BCUT2D eigenvalue weighted by molar-refractivity contribution is 0.517. The monoisotopic (exact) mass is 284 g/mol. The van der Waals surface area contributed by atoms with Gasteiger partial charge in [-0.1, -0.05) is 13.8 Å². The van der Waals surface area contributed by atoms with Crippen molar-refractivity contribution >= 4 is 0 Å². The number of nitrogens with one attached hydrogen (secondary N) is 1. The first-order chi connectivity index (χ1) is 10.1. The Morgan fingerprint density at radius 3 is 2.29 bits per heavy atom. The molecule has 4 heteroatoms. The number of aromatic nitrogens is 3. The lowest BCUT2D eigenvalue weighted by Gasteiger charge is -2.16. The molecular weight excluding hydrogens is 260 g/mol. The Morgan fingerprint density at radius 1 is 1.10 bits per heavy atom. The summed E-state index contributed by atoms with van der Waals surface area (Å²) in [6, 6.07) is 3.89. The van der Waals surface area contributed by atoms with Crippen molar-refractivity contribution in [2.75, 3.05) is 13.1 Å². The third-order valence-electron chi connectivity index (χ3n) is 3.65. The zero-order valence-electron chi connectivity index (χ0n) is 13.3. The van der Waals surface area contributed by atoms with E-state index in [4.69, 9.17) is 0 Å². The largest absolute Gasteiger partial charge is 0.317 e. The highest BCUT2D eigenvalue weighted by Crippen LogP contribution is 2.20. The van der Waals surface area contributed by atoms with E-state index in [-0.39, 0.29) is 0 Å². The van der Waals surface area contributed by atoms with E-state index < -0.39 is 0 Å². The molecule has 0 aliphatic heterocycles. The maximum absolute atomic E-state index is 4.68. The smallest absolute Gasteiger partial charge is 0.159 e. The number of rotatable bonds is 6. The topological polar surface area (TPSA) is 50.7 Å². The SMILES string of the molecule is CCNCC(C)Cc1c(C)nc(-c2ccncc2)nc1C. The lowest BCUT2D eigenvalue weighted by Crippen LogP contribution is -2.22. The molecule has 2 aromatic rings. The van der Waals surface area contributed by atoms with Crippen molar-refractivity contribution in [2.45, 2.75) is 34.1 Å². The molecule has 0 fully saturated rings. The van der Waals surface area contributed by atoms with Gasteiger partial charge >= 0.3 is 0 Å². The Bertz CT molecular complexity index is 558. The van der Waals surface area contributed by atoms with E-state index in [9.17, 15) is 0 Å². The molecule has 0 amide bonds. The number of pyridine rings is 1. The molecule has 112 valence electrons. The molecule has 4 nitrogen and oxygen atoms in total. The van der Waals surface area contributed by atoms with Gasteiger partial charge in [0.05, 0.1) is 0 Å². The van der Waals surface area contributed by atoms with Crippen LogP contribution in [0.2, 0.25) is 0 Å². The van der Waals surface area contributed by atoms with Crippen molar-refractivity contribution in [3.63, 3.8) is 0 Å². The normalized spacial score (nSPS) is 12.4. The molecule has 2 heterocycles. The highest BCUT2D eigenvalue weighted by Gasteiger charge is 2.12. The minimum atomic E-state index is 0.581. The summed E-state index contributed by atoms with van der Waals surface area (Å²) in [5.41, 5.74) is 4.46. The summed E-state index contributed by atoms with van der Waals surface area (Å²) in [7, 11) is 0. The molecule has 21 heavy (non-hydrogen) atoms. The quantitative estimate of drug-likeness (QED) is 0.886. The Morgan fingerprint density at radius 2 is 1.71 bits per heavy atom. The minimum Gasteiger partial charge on any atom is -0.317 e. The van der Waals surface area contributed by atoms with Crippen LogP contribution in [0.3, 0.4) is 0 Å². The van der Waals surface area contributed by atoms with Crippen LogP contribution in [0, 0.1) is 19.8 Å². The van der Waals surface area contributed by atoms with Crippen LogP contribution in [0.1, 0.15) is 30.8 Å². The Balaban J connectivity index is 2.22. The summed E-state index contributed by atoms with van der Waals surface area (Å²) < 4.78 is 0. The van der Waals surface area contributed by atoms with Gasteiger partial charge in [-0.3, -0.25) is 4.98 Å². The molecule has 0 radical (unpaired) electrons.